The minimum Gasteiger partial charge on any atom is -0.334 e. The molecule has 2 heterocycles. The van der Waals surface area contributed by atoms with Crippen LogP contribution in [0.3, 0.4) is 0 Å². The van der Waals surface area contributed by atoms with Gasteiger partial charge in [-0.15, -0.1) is 11.8 Å². The first-order valence-corrected chi connectivity index (χ1v) is 10.7. The number of fused-ring (bicyclic) bond motifs is 1. The Bertz CT molecular complexity index is 713. The molecular formula is C21H28N2O2S. The number of hydrogen-bond acceptors (Lipinski definition) is 3. The van der Waals surface area contributed by atoms with Crippen LogP contribution in [-0.2, 0) is 16.1 Å². The second-order valence-electron chi connectivity index (χ2n) is 8.36. The molecule has 0 spiro atoms. The van der Waals surface area contributed by atoms with E-state index in [9.17, 15) is 9.59 Å². The van der Waals surface area contributed by atoms with Crippen LogP contribution in [0.4, 0.5) is 0 Å². The number of benzene rings is 1. The quantitative estimate of drug-likeness (QED) is 0.790. The maximum atomic E-state index is 13.4. The van der Waals surface area contributed by atoms with Gasteiger partial charge in [0.05, 0.1) is 4.87 Å². The van der Waals surface area contributed by atoms with Crippen LogP contribution in [0, 0.1) is 0 Å². The number of hydrogen-bond donors (Lipinski definition) is 0. The summed E-state index contributed by atoms with van der Waals surface area (Å²) in [6.07, 6.45) is 3.61. The lowest BCUT2D eigenvalue weighted by molar-refractivity contribution is -0.144. The van der Waals surface area contributed by atoms with Crippen LogP contribution in [0.15, 0.2) is 24.3 Å². The van der Waals surface area contributed by atoms with E-state index >= 15 is 0 Å². The summed E-state index contributed by atoms with van der Waals surface area (Å²) in [5, 5.41) is 0. The third-order valence-corrected chi connectivity index (χ3v) is 7.51. The van der Waals surface area contributed by atoms with Gasteiger partial charge in [0, 0.05) is 24.8 Å². The molecule has 2 saturated heterocycles. The largest absolute Gasteiger partial charge is 0.334 e. The summed E-state index contributed by atoms with van der Waals surface area (Å²) in [7, 11) is 0. The number of amides is 2. The van der Waals surface area contributed by atoms with Crippen molar-refractivity contribution >= 4 is 23.6 Å². The third kappa shape index (κ3) is 3.15. The Kier molecular flexibility index (Phi) is 4.54. The van der Waals surface area contributed by atoms with E-state index in [1.807, 2.05) is 9.80 Å². The first-order valence-electron chi connectivity index (χ1n) is 9.74. The van der Waals surface area contributed by atoms with E-state index in [1.165, 1.54) is 11.1 Å². The van der Waals surface area contributed by atoms with E-state index in [0.717, 1.165) is 25.0 Å². The smallest absolute Gasteiger partial charge is 0.246 e. The Morgan fingerprint density at radius 3 is 2.62 bits per heavy atom. The average Bonchev–Trinajstić information content (AvgIpc) is 3.34. The highest BCUT2D eigenvalue weighted by atomic mass is 32.2. The first kappa shape index (κ1) is 17.9. The lowest BCUT2D eigenvalue weighted by atomic mass is 10.0. The molecule has 26 heavy (non-hydrogen) atoms. The molecule has 1 saturated carbocycles. The number of nitrogens with zero attached hydrogens (tertiary/aromatic N) is 2. The molecule has 2 atom stereocenters. The molecule has 3 fully saturated rings. The Morgan fingerprint density at radius 1 is 1.31 bits per heavy atom. The molecule has 3 aliphatic rings. The monoisotopic (exact) mass is 372 g/mol. The van der Waals surface area contributed by atoms with Gasteiger partial charge >= 0.3 is 0 Å². The molecule has 0 aromatic heterocycles. The van der Waals surface area contributed by atoms with Crippen molar-refractivity contribution < 1.29 is 9.59 Å². The second kappa shape index (κ2) is 6.59. The molecule has 0 bridgehead atoms. The fraction of sp³-hybridized carbons (Fsp3) is 0.619. The summed E-state index contributed by atoms with van der Waals surface area (Å²) in [5.41, 5.74) is 2.50. The summed E-state index contributed by atoms with van der Waals surface area (Å²) < 4.78 is 0. The first-order chi connectivity index (χ1) is 12.4. The molecule has 1 aromatic rings. The van der Waals surface area contributed by atoms with Crippen LogP contribution < -0.4 is 0 Å². The zero-order valence-electron chi connectivity index (χ0n) is 15.9. The SMILES string of the molecule is CC(C)c1ccc(CN(C(=O)C2CSC3(C)CCC(=O)N23)C2CC2)cc1. The van der Waals surface area contributed by atoms with Crippen molar-refractivity contribution in [2.45, 2.75) is 75.9 Å². The molecular weight excluding hydrogens is 344 g/mol. The second-order valence-corrected chi connectivity index (χ2v) is 9.86. The van der Waals surface area contributed by atoms with Crippen molar-refractivity contribution in [3.63, 3.8) is 0 Å². The van der Waals surface area contributed by atoms with Gasteiger partial charge in [0.25, 0.3) is 0 Å². The molecule has 140 valence electrons. The van der Waals surface area contributed by atoms with E-state index < -0.39 is 0 Å². The van der Waals surface area contributed by atoms with Gasteiger partial charge < -0.3 is 9.80 Å². The number of carbonyl (C=O) groups is 2. The summed E-state index contributed by atoms with van der Waals surface area (Å²) in [6, 6.07) is 8.70. The van der Waals surface area contributed by atoms with Gasteiger partial charge in [0.15, 0.2) is 0 Å². The highest BCUT2D eigenvalue weighted by Gasteiger charge is 2.54. The molecule has 1 aromatic carbocycles. The fourth-order valence-electron chi connectivity index (χ4n) is 4.17. The van der Waals surface area contributed by atoms with Gasteiger partial charge in [-0.05, 0) is 43.2 Å². The van der Waals surface area contributed by atoms with Crippen LogP contribution in [0.1, 0.15) is 63.5 Å². The zero-order valence-corrected chi connectivity index (χ0v) is 16.7. The molecule has 5 heteroatoms. The van der Waals surface area contributed by atoms with Gasteiger partial charge in [0.2, 0.25) is 11.8 Å². The summed E-state index contributed by atoms with van der Waals surface area (Å²) in [5.74, 6) is 1.54. The Labute approximate surface area is 160 Å². The maximum absolute atomic E-state index is 13.4. The Balaban J connectivity index is 1.52. The van der Waals surface area contributed by atoms with Crippen LogP contribution in [-0.4, -0.2) is 44.3 Å². The normalized spacial score (nSPS) is 27.9. The van der Waals surface area contributed by atoms with Gasteiger partial charge in [0.1, 0.15) is 6.04 Å². The van der Waals surface area contributed by atoms with Crippen molar-refractivity contribution in [3.8, 4) is 0 Å². The number of thioether (sulfide) groups is 1. The molecule has 2 unspecified atom stereocenters. The van der Waals surface area contributed by atoms with Crippen LogP contribution in [0.25, 0.3) is 0 Å². The van der Waals surface area contributed by atoms with Crippen LogP contribution in [0.2, 0.25) is 0 Å². The molecule has 2 aliphatic heterocycles. The van der Waals surface area contributed by atoms with E-state index in [0.29, 0.717) is 24.9 Å². The predicted molar refractivity (Wildman–Crippen MR) is 105 cm³/mol. The maximum Gasteiger partial charge on any atom is 0.246 e. The van der Waals surface area contributed by atoms with Crippen LogP contribution in [0.5, 0.6) is 0 Å². The van der Waals surface area contributed by atoms with E-state index in [1.54, 1.807) is 11.8 Å². The molecule has 1 aliphatic carbocycles. The van der Waals surface area contributed by atoms with Gasteiger partial charge in [-0.25, -0.2) is 0 Å². The highest BCUT2D eigenvalue weighted by Crippen LogP contribution is 2.48. The van der Waals surface area contributed by atoms with E-state index in [2.05, 4.69) is 45.0 Å². The Hall–Kier alpha value is -1.49. The lowest BCUT2D eigenvalue weighted by Crippen LogP contribution is -2.51. The lowest BCUT2D eigenvalue weighted by Gasteiger charge is -2.33. The van der Waals surface area contributed by atoms with Crippen LogP contribution >= 0.6 is 11.8 Å². The highest BCUT2D eigenvalue weighted by molar-refractivity contribution is 8.01. The molecule has 0 N–H and O–H groups in total. The standard InChI is InChI=1S/C21H28N2O2S/c1-14(2)16-6-4-15(5-7-16)12-22(17-8-9-17)20(25)18-13-26-21(3)11-10-19(24)23(18)21/h4-7,14,17-18H,8-13H2,1-3H3. The van der Waals surface area contributed by atoms with Gasteiger partial charge in [-0.1, -0.05) is 38.1 Å². The average molecular weight is 373 g/mol. The molecule has 4 rings (SSSR count). The molecule has 4 nitrogen and oxygen atoms in total. The topological polar surface area (TPSA) is 40.6 Å². The third-order valence-electron chi connectivity index (χ3n) is 6.00. The minimum absolute atomic E-state index is 0.145. The van der Waals surface area contributed by atoms with Crippen molar-refractivity contribution in [1.82, 2.24) is 9.80 Å². The molecule has 0 radical (unpaired) electrons. The Morgan fingerprint density at radius 2 is 2.00 bits per heavy atom. The summed E-state index contributed by atoms with van der Waals surface area (Å²) in [4.78, 5) is 29.5. The zero-order chi connectivity index (χ0) is 18.5. The number of rotatable bonds is 5. The predicted octanol–water partition coefficient (Wildman–Crippen LogP) is 3.76. The van der Waals surface area contributed by atoms with Crippen molar-refractivity contribution in [2.24, 2.45) is 0 Å². The van der Waals surface area contributed by atoms with Crippen molar-refractivity contribution in [3.05, 3.63) is 35.4 Å². The minimum atomic E-state index is -0.282. The van der Waals surface area contributed by atoms with Crippen molar-refractivity contribution in [1.29, 1.82) is 0 Å². The number of carbonyl (C=O) groups excluding carboxylic acids is 2. The van der Waals surface area contributed by atoms with Gasteiger partial charge in [-0.2, -0.15) is 0 Å². The fourth-order valence-corrected chi connectivity index (χ4v) is 5.60. The summed E-state index contributed by atoms with van der Waals surface area (Å²) >= 11 is 1.77. The summed E-state index contributed by atoms with van der Waals surface area (Å²) in [6.45, 7) is 7.15. The van der Waals surface area contributed by atoms with Gasteiger partial charge in [-0.3, -0.25) is 9.59 Å². The molecule has 2 amide bonds. The van der Waals surface area contributed by atoms with Crippen molar-refractivity contribution in [2.75, 3.05) is 5.75 Å². The van der Waals surface area contributed by atoms with E-state index in [4.69, 9.17) is 0 Å². The van der Waals surface area contributed by atoms with E-state index in [-0.39, 0.29) is 22.7 Å².